The van der Waals surface area contributed by atoms with Crippen LogP contribution in [0, 0.1) is 18.7 Å². The molecule has 4 rings (SSSR count). The molecule has 1 aromatic carbocycles. The monoisotopic (exact) mass is 502 g/mol. The van der Waals surface area contributed by atoms with Crippen LogP contribution in [0.3, 0.4) is 0 Å². The third kappa shape index (κ3) is 4.29. The van der Waals surface area contributed by atoms with E-state index >= 15 is 0 Å². The molecule has 0 aliphatic carbocycles. The lowest BCUT2D eigenvalue weighted by Crippen LogP contribution is -2.65. The van der Waals surface area contributed by atoms with Crippen LogP contribution in [-0.2, 0) is 9.59 Å². The quantitative estimate of drug-likeness (QED) is 0.550. The van der Waals surface area contributed by atoms with Gasteiger partial charge in [0.1, 0.15) is 23.2 Å². The fourth-order valence-electron chi connectivity index (χ4n) is 4.00. The number of hydrogen-bond donors (Lipinski definition) is 1. The van der Waals surface area contributed by atoms with Crippen molar-refractivity contribution in [3.8, 4) is 24.1 Å². The maximum Gasteiger partial charge on any atom is 0.252 e. The zero-order chi connectivity index (χ0) is 25.2. The molecule has 3 heterocycles. The van der Waals surface area contributed by atoms with E-state index in [-0.39, 0.29) is 35.6 Å². The van der Waals surface area contributed by atoms with Crippen LogP contribution in [0.15, 0.2) is 30.6 Å². The number of amides is 2. The lowest BCUT2D eigenvalue weighted by atomic mass is 9.96. The Bertz CT molecular complexity index is 1280. The van der Waals surface area contributed by atoms with Gasteiger partial charge in [0.25, 0.3) is 5.91 Å². The van der Waals surface area contributed by atoms with Crippen molar-refractivity contribution in [3.05, 3.63) is 41.4 Å². The number of thioether (sulfide) groups is 1. The molecule has 0 saturated carbocycles. The standard InChI is InChI=1S/C21H22ClFN6O2S.C2H2/c1-21(2)20(31)27(6-7-28(21)17(30)10-32-3)16-8-12(4-5-14(16)23)15-9-13(22)18-19(24)25-11-26-29(15)18;1-2/h4-5,8-9,11H,6-7,10H2,1-3H3,(H2,24,25,26);1-2H. The summed E-state index contributed by atoms with van der Waals surface area (Å²) in [7, 11) is 0. The van der Waals surface area contributed by atoms with Gasteiger partial charge in [-0.1, -0.05) is 11.6 Å². The first kappa shape index (κ1) is 25.3. The Balaban J connectivity index is 0.00000158. The van der Waals surface area contributed by atoms with Crippen molar-refractivity contribution in [3.63, 3.8) is 0 Å². The minimum Gasteiger partial charge on any atom is -0.382 e. The minimum absolute atomic E-state index is 0.115. The number of anilines is 2. The molecule has 0 radical (unpaired) electrons. The molecule has 1 aliphatic rings. The Morgan fingerprint density at radius 2 is 2.00 bits per heavy atom. The molecule has 0 bridgehead atoms. The molecule has 3 aromatic rings. The first-order valence-electron chi connectivity index (χ1n) is 10.2. The first-order chi connectivity index (χ1) is 16.2. The van der Waals surface area contributed by atoms with Crippen molar-refractivity contribution < 1.29 is 14.0 Å². The van der Waals surface area contributed by atoms with E-state index < -0.39 is 11.4 Å². The predicted molar refractivity (Wildman–Crippen MR) is 134 cm³/mol. The van der Waals surface area contributed by atoms with E-state index in [1.165, 1.54) is 33.6 Å². The first-order valence-corrected chi connectivity index (χ1v) is 12.0. The highest BCUT2D eigenvalue weighted by Crippen LogP contribution is 2.35. The largest absolute Gasteiger partial charge is 0.382 e. The third-order valence-electron chi connectivity index (χ3n) is 5.63. The number of rotatable bonds is 4. The molecule has 0 atom stereocenters. The molecule has 2 amide bonds. The molecule has 2 N–H and O–H groups in total. The Morgan fingerprint density at radius 3 is 2.68 bits per heavy atom. The van der Waals surface area contributed by atoms with Gasteiger partial charge in [-0.15, -0.1) is 12.8 Å². The molecule has 1 saturated heterocycles. The summed E-state index contributed by atoms with van der Waals surface area (Å²) in [4.78, 5) is 32.7. The number of carbonyl (C=O) groups is 2. The van der Waals surface area contributed by atoms with E-state index in [9.17, 15) is 14.0 Å². The molecule has 8 nitrogen and oxygen atoms in total. The fourth-order valence-corrected chi connectivity index (χ4v) is 4.68. The second-order valence-electron chi connectivity index (χ2n) is 7.94. The van der Waals surface area contributed by atoms with Crippen LogP contribution in [0.4, 0.5) is 15.9 Å². The molecule has 11 heteroatoms. The lowest BCUT2D eigenvalue weighted by Gasteiger charge is -2.46. The summed E-state index contributed by atoms with van der Waals surface area (Å²) in [5.41, 5.74) is 6.60. The van der Waals surface area contributed by atoms with Crippen molar-refractivity contribution in [1.82, 2.24) is 19.5 Å². The highest BCUT2D eigenvalue weighted by Gasteiger charge is 2.45. The van der Waals surface area contributed by atoms with Crippen LogP contribution in [0.1, 0.15) is 13.8 Å². The molecule has 0 spiro atoms. The maximum atomic E-state index is 14.9. The number of nitrogens with zero attached hydrogens (tertiary/aromatic N) is 5. The van der Waals surface area contributed by atoms with Gasteiger partial charge in [-0.3, -0.25) is 9.59 Å². The smallest absolute Gasteiger partial charge is 0.252 e. The van der Waals surface area contributed by atoms with Crippen molar-refractivity contribution in [2.75, 3.05) is 35.7 Å². The van der Waals surface area contributed by atoms with Gasteiger partial charge in [-0.05, 0) is 44.4 Å². The zero-order valence-corrected chi connectivity index (χ0v) is 20.5. The van der Waals surface area contributed by atoms with E-state index in [2.05, 4.69) is 22.9 Å². The summed E-state index contributed by atoms with van der Waals surface area (Å²) in [6.45, 7) is 3.86. The number of terminal acetylenes is 1. The van der Waals surface area contributed by atoms with E-state index in [1.54, 1.807) is 36.9 Å². The van der Waals surface area contributed by atoms with Gasteiger partial charge in [-0.2, -0.15) is 16.9 Å². The Morgan fingerprint density at radius 1 is 1.29 bits per heavy atom. The number of fused-ring (bicyclic) bond motifs is 1. The van der Waals surface area contributed by atoms with Gasteiger partial charge >= 0.3 is 0 Å². The SMILES string of the molecule is C#C.CSCC(=O)N1CCN(c2cc(-c3cc(Cl)c4c(N)ncnn34)ccc2F)C(=O)C1(C)C. The van der Waals surface area contributed by atoms with Crippen molar-refractivity contribution in [2.45, 2.75) is 19.4 Å². The van der Waals surface area contributed by atoms with Crippen molar-refractivity contribution in [1.29, 1.82) is 0 Å². The molecule has 1 fully saturated rings. The number of nitrogens with two attached hydrogens (primary N) is 1. The van der Waals surface area contributed by atoms with Gasteiger partial charge in [-0.25, -0.2) is 13.9 Å². The normalized spacial score (nSPS) is 15.2. The second-order valence-corrected chi connectivity index (χ2v) is 9.22. The van der Waals surface area contributed by atoms with Crippen LogP contribution in [0.2, 0.25) is 5.02 Å². The van der Waals surface area contributed by atoms with E-state index in [1.807, 2.05) is 6.26 Å². The van der Waals surface area contributed by atoms with Crippen LogP contribution >= 0.6 is 23.4 Å². The summed E-state index contributed by atoms with van der Waals surface area (Å²) < 4.78 is 16.4. The topological polar surface area (TPSA) is 96.8 Å². The molecular weight excluding hydrogens is 479 g/mol. The van der Waals surface area contributed by atoms with Crippen LogP contribution in [0.5, 0.6) is 0 Å². The van der Waals surface area contributed by atoms with Crippen molar-refractivity contribution >= 4 is 52.2 Å². The van der Waals surface area contributed by atoms with E-state index in [0.717, 1.165) is 0 Å². The van der Waals surface area contributed by atoms with Gasteiger partial charge in [0.15, 0.2) is 5.82 Å². The van der Waals surface area contributed by atoms with Gasteiger partial charge in [0.05, 0.1) is 22.2 Å². The number of carbonyl (C=O) groups excluding carboxylic acids is 2. The van der Waals surface area contributed by atoms with Crippen LogP contribution < -0.4 is 10.6 Å². The minimum atomic E-state index is -1.10. The van der Waals surface area contributed by atoms with Gasteiger partial charge in [0.2, 0.25) is 5.91 Å². The summed E-state index contributed by atoms with van der Waals surface area (Å²) in [5, 5.41) is 4.57. The Hall–Kier alpha value is -3.29. The van der Waals surface area contributed by atoms with Gasteiger partial charge < -0.3 is 15.5 Å². The van der Waals surface area contributed by atoms with Crippen LogP contribution in [-0.4, -0.2) is 61.9 Å². The Kier molecular flexibility index (Phi) is 7.38. The molecule has 2 aromatic heterocycles. The van der Waals surface area contributed by atoms with Gasteiger partial charge in [0, 0.05) is 18.7 Å². The number of nitrogen functional groups attached to an aromatic ring is 1. The number of hydrogen-bond acceptors (Lipinski definition) is 6. The highest BCUT2D eigenvalue weighted by atomic mass is 35.5. The maximum absolute atomic E-state index is 14.9. The number of aromatic nitrogens is 3. The second kappa shape index (κ2) is 9.91. The number of halogens is 2. The van der Waals surface area contributed by atoms with E-state index in [4.69, 9.17) is 17.3 Å². The third-order valence-corrected chi connectivity index (χ3v) is 6.45. The Labute approximate surface area is 206 Å². The lowest BCUT2D eigenvalue weighted by molar-refractivity contribution is -0.145. The summed E-state index contributed by atoms with van der Waals surface area (Å²) in [6.07, 6.45) is 11.1. The summed E-state index contributed by atoms with van der Waals surface area (Å²) in [5.74, 6) is -0.493. The molecule has 178 valence electrons. The molecule has 1 aliphatic heterocycles. The number of benzene rings is 1. The van der Waals surface area contributed by atoms with E-state index in [0.29, 0.717) is 28.3 Å². The average molecular weight is 503 g/mol. The average Bonchev–Trinajstić information content (AvgIpc) is 3.15. The highest BCUT2D eigenvalue weighted by molar-refractivity contribution is 7.99. The molecule has 0 unspecified atom stereocenters. The summed E-state index contributed by atoms with van der Waals surface area (Å²) in [6, 6.07) is 6.14. The van der Waals surface area contributed by atoms with Crippen LogP contribution in [0.25, 0.3) is 16.8 Å². The molecular formula is C23H24ClFN6O2S. The number of piperazine rings is 1. The zero-order valence-electron chi connectivity index (χ0n) is 19.0. The molecule has 34 heavy (non-hydrogen) atoms. The summed E-state index contributed by atoms with van der Waals surface area (Å²) >= 11 is 7.73. The van der Waals surface area contributed by atoms with Crippen molar-refractivity contribution in [2.24, 2.45) is 0 Å². The predicted octanol–water partition coefficient (Wildman–Crippen LogP) is 3.34. The fraction of sp³-hybridized carbons (Fsp3) is 0.304.